The minimum absolute atomic E-state index is 0.0437. The van der Waals surface area contributed by atoms with E-state index in [1.54, 1.807) is 65.8 Å². The third-order valence-corrected chi connectivity index (χ3v) is 6.63. The summed E-state index contributed by atoms with van der Waals surface area (Å²) < 4.78 is 67.5. The summed E-state index contributed by atoms with van der Waals surface area (Å²) in [6.07, 6.45) is -7.70. The average molecular weight is 700 g/mol. The first-order chi connectivity index (χ1) is 23.2. The summed E-state index contributed by atoms with van der Waals surface area (Å²) in [7, 11) is 0. The first-order valence-corrected chi connectivity index (χ1v) is 15.3. The molecular weight excluding hydrogens is 662 g/mol. The summed E-state index contributed by atoms with van der Waals surface area (Å²) in [6.45, 7) is 10.1. The van der Waals surface area contributed by atoms with Gasteiger partial charge in [0.05, 0.1) is 11.4 Å². The van der Waals surface area contributed by atoms with Crippen molar-refractivity contribution >= 4 is 29.5 Å². The molecule has 3 amide bonds. The van der Waals surface area contributed by atoms with Crippen molar-refractivity contribution in [1.82, 2.24) is 15.1 Å². The van der Waals surface area contributed by atoms with Crippen LogP contribution < -0.4 is 16.0 Å². The Balaban J connectivity index is 1.58. The van der Waals surface area contributed by atoms with Crippen molar-refractivity contribution in [3.63, 3.8) is 0 Å². The Kier molecular flexibility index (Phi) is 10.9. The van der Waals surface area contributed by atoms with E-state index in [0.29, 0.717) is 22.9 Å². The molecule has 0 saturated heterocycles. The fourth-order valence-electron chi connectivity index (χ4n) is 4.56. The largest absolute Gasteiger partial charge is 0.444 e. The Labute approximate surface area is 285 Å². The molecule has 0 aliphatic rings. The summed E-state index contributed by atoms with van der Waals surface area (Å²) in [5.74, 6) is -2.05. The molecular formula is C35H37F4N5O6. The average Bonchev–Trinajstić information content (AvgIpc) is 3.46. The Morgan fingerprint density at radius 3 is 2.12 bits per heavy atom. The van der Waals surface area contributed by atoms with Gasteiger partial charge in [-0.25, -0.2) is 18.7 Å². The van der Waals surface area contributed by atoms with E-state index in [2.05, 4.69) is 21.0 Å². The molecule has 11 nitrogen and oxygen atoms in total. The van der Waals surface area contributed by atoms with Crippen LogP contribution in [0.3, 0.4) is 0 Å². The quantitative estimate of drug-likeness (QED) is 0.138. The molecule has 1 aromatic heterocycles. The number of aromatic nitrogens is 2. The van der Waals surface area contributed by atoms with Crippen LogP contribution in [0.25, 0.3) is 5.69 Å². The number of alkyl carbamates (subject to hydrolysis) is 1. The fraction of sp³-hybridized carbons (Fsp3) is 0.314. The molecule has 0 fully saturated rings. The van der Waals surface area contributed by atoms with Gasteiger partial charge < -0.3 is 25.2 Å². The van der Waals surface area contributed by atoms with E-state index in [9.17, 15) is 37.1 Å². The molecule has 50 heavy (non-hydrogen) atoms. The number of amides is 3. The summed E-state index contributed by atoms with van der Waals surface area (Å²) in [5, 5.41) is 22.1. The van der Waals surface area contributed by atoms with Crippen molar-refractivity contribution in [2.24, 2.45) is 0 Å². The summed E-state index contributed by atoms with van der Waals surface area (Å²) in [5.41, 5.74) is -2.60. The van der Waals surface area contributed by atoms with E-state index in [1.807, 2.05) is 0 Å². The molecule has 1 atom stereocenters. The first-order valence-electron chi connectivity index (χ1n) is 15.3. The number of carbonyl (C=O) groups excluding carboxylic acids is 3. The van der Waals surface area contributed by atoms with E-state index in [4.69, 9.17) is 9.47 Å². The number of nitrogens with zero attached hydrogens (tertiary/aromatic N) is 2. The van der Waals surface area contributed by atoms with Gasteiger partial charge in [0.25, 0.3) is 5.91 Å². The maximum atomic E-state index is 15.0. The standard InChI is InChI=1S/C35H37F4N5O6/c1-33(2,3)49-31(47)40-19-20-9-7-12-24(15-20)44-27(18-28(43-44)35(37,38)39)30(46)42-26-17-22(13-14-25(26)36)29(45)21-10-8-11-23(16-21)41-32(48)50-34(4,5)6/h7-18,29,45H,19H2,1-6H3,(H,40,47)(H,41,48)(H,42,46). The highest BCUT2D eigenvalue weighted by molar-refractivity contribution is 6.03. The molecule has 4 rings (SSSR count). The molecule has 1 heterocycles. The van der Waals surface area contributed by atoms with Gasteiger partial charge in [0.2, 0.25) is 0 Å². The zero-order chi connectivity index (χ0) is 37.0. The lowest BCUT2D eigenvalue weighted by atomic mass is 10.0. The summed E-state index contributed by atoms with van der Waals surface area (Å²) >= 11 is 0. The normalized spacial score (nSPS) is 12.5. The number of alkyl halides is 3. The zero-order valence-corrected chi connectivity index (χ0v) is 28.1. The highest BCUT2D eigenvalue weighted by atomic mass is 19.4. The molecule has 0 bridgehead atoms. The van der Waals surface area contributed by atoms with Crippen LogP contribution >= 0.6 is 0 Å². The first kappa shape index (κ1) is 37.4. The lowest BCUT2D eigenvalue weighted by Crippen LogP contribution is -2.32. The van der Waals surface area contributed by atoms with Gasteiger partial charge in [0, 0.05) is 18.3 Å². The summed E-state index contributed by atoms with van der Waals surface area (Å²) in [4.78, 5) is 37.7. The second-order valence-corrected chi connectivity index (χ2v) is 13.2. The second-order valence-electron chi connectivity index (χ2n) is 13.2. The molecule has 1 unspecified atom stereocenters. The van der Waals surface area contributed by atoms with Gasteiger partial charge in [-0.05, 0) is 94.6 Å². The Morgan fingerprint density at radius 2 is 1.46 bits per heavy atom. The maximum absolute atomic E-state index is 15.0. The number of rotatable bonds is 8. The van der Waals surface area contributed by atoms with E-state index in [-0.39, 0.29) is 17.8 Å². The topological polar surface area (TPSA) is 144 Å². The van der Waals surface area contributed by atoms with Crippen LogP contribution in [0, 0.1) is 5.82 Å². The molecule has 4 aromatic rings. The molecule has 0 saturated carbocycles. The van der Waals surface area contributed by atoms with Gasteiger partial charge in [0.15, 0.2) is 5.69 Å². The van der Waals surface area contributed by atoms with Crippen molar-refractivity contribution in [2.75, 3.05) is 10.6 Å². The van der Waals surface area contributed by atoms with Crippen molar-refractivity contribution in [1.29, 1.82) is 0 Å². The smallest absolute Gasteiger partial charge is 0.435 e. The number of nitrogens with one attached hydrogen (secondary N) is 3. The Bertz CT molecular complexity index is 1880. The fourth-order valence-corrected chi connectivity index (χ4v) is 4.56. The van der Waals surface area contributed by atoms with E-state index in [0.717, 1.165) is 16.8 Å². The van der Waals surface area contributed by atoms with Crippen LogP contribution in [0.4, 0.5) is 38.5 Å². The molecule has 266 valence electrons. The van der Waals surface area contributed by atoms with Gasteiger partial charge in [-0.15, -0.1) is 0 Å². The van der Waals surface area contributed by atoms with Crippen molar-refractivity contribution < 1.29 is 46.5 Å². The number of aliphatic hydroxyl groups is 1. The van der Waals surface area contributed by atoms with E-state index in [1.165, 1.54) is 30.3 Å². The lowest BCUT2D eigenvalue weighted by molar-refractivity contribution is -0.141. The molecule has 0 radical (unpaired) electrons. The van der Waals surface area contributed by atoms with Crippen molar-refractivity contribution in [3.05, 3.63) is 107 Å². The Hall–Kier alpha value is -5.44. The molecule has 3 aromatic carbocycles. The van der Waals surface area contributed by atoms with Gasteiger partial charge in [0.1, 0.15) is 28.8 Å². The van der Waals surface area contributed by atoms with Crippen LogP contribution in [0.15, 0.2) is 72.8 Å². The van der Waals surface area contributed by atoms with E-state index >= 15 is 0 Å². The number of carbonyl (C=O) groups is 3. The van der Waals surface area contributed by atoms with Crippen LogP contribution in [0.5, 0.6) is 0 Å². The SMILES string of the molecule is CC(C)(C)OC(=O)NCc1cccc(-n2nc(C(F)(F)F)cc2C(=O)Nc2cc(C(O)c3cccc(NC(=O)OC(C)(C)C)c3)ccc2F)c1. The highest BCUT2D eigenvalue weighted by Crippen LogP contribution is 2.31. The van der Waals surface area contributed by atoms with Crippen LogP contribution in [0.1, 0.15) is 80.5 Å². The maximum Gasteiger partial charge on any atom is 0.435 e. The minimum Gasteiger partial charge on any atom is -0.444 e. The third kappa shape index (κ3) is 10.3. The van der Waals surface area contributed by atoms with Crippen LogP contribution in [-0.4, -0.2) is 44.2 Å². The number of aliphatic hydroxyl groups excluding tert-OH is 1. The van der Waals surface area contributed by atoms with E-state index < -0.39 is 64.5 Å². The van der Waals surface area contributed by atoms with Crippen molar-refractivity contribution in [3.8, 4) is 5.69 Å². The lowest BCUT2D eigenvalue weighted by Gasteiger charge is -2.20. The number of anilines is 2. The second kappa shape index (κ2) is 14.6. The van der Waals surface area contributed by atoms with Crippen LogP contribution in [-0.2, 0) is 22.2 Å². The highest BCUT2D eigenvalue weighted by Gasteiger charge is 2.36. The van der Waals surface area contributed by atoms with Crippen LogP contribution in [0.2, 0.25) is 0 Å². The number of hydrogen-bond donors (Lipinski definition) is 4. The van der Waals surface area contributed by atoms with Gasteiger partial charge in [-0.2, -0.15) is 18.3 Å². The molecule has 0 aliphatic heterocycles. The summed E-state index contributed by atoms with van der Waals surface area (Å²) in [6, 6.07) is 16.0. The molecule has 15 heteroatoms. The number of halogens is 4. The predicted octanol–water partition coefficient (Wildman–Crippen LogP) is 7.74. The molecule has 0 spiro atoms. The molecule has 4 N–H and O–H groups in total. The zero-order valence-electron chi connectivity index (χ0n) is 28.1. The van der Waals surface area contributed by atoms with Gasteiger partial charge in [-0.3, -0.25) is 10.1 Å². The predicted molar refractivity (Wildman–Crippen MR) is 176 cm³/mol. The van der Waals surface area contributed by atoms with Gasteiger partial charge >= 0.3 is 18.4 Å². The third-order valence-electron chi connectivity index (χ3n) is 6.63. The monoisotopic (exact) mass is 699 g/mol. The minimum atomic E-state index is -4.92. The number of hydrogen-bond acceptors (Lipinski definition) is 7. The number of ether oxygens (including phenoxy) is 2. The van der Waals surface area contributed by atoms with Crippen molar-refractivity contribution in [2.45, 2.75) is 71.6 Å². The van der Waals surface area contributed by atoms with Gasteiger partial charge in [-0.1, -0.05) is 30.3 Å². The number of benzene rings is 3. The Morgan fingerprint density at radius 1 is 0.820 bits per heavy atom. The molecule has 0 aliphatic carbocycles.